The maximum absolute atomic E-state index is 12.4. The highest BCUT2D eigenvalue weighted by atomic mass is 16.3. The van der Waals surface area contributed by atoms with E-state index in [1.807, 2.05) is 18.2 Å². The normalized spacial score (nSPS) is 22.7. The number of hydrogen-bond acceptors (Lipinski definition) is 4. The Bertz CT molecular complexity index is 604. The molecule has 1 saturated heterocycles. The third-order valence-electron chi connectivity index (χ3n) is 6.41. The molecule has 1 N–H and O–H groups in total. The number of ketones is 1. The molecule has 3 rings (SSSR count). The quantitative estimate of drug-likeness (QED) is 0.891. The SMILES string of the molecule is CC(=O)C(O)(c1cccc(N(C)C2CCN(C)CC2)c1)C1CCCC1. The average Bonchev–Trinajstić information content (AvgIpc) is 3.16. The molecule has 1 aliphatic carbocycles. The summed E-state index contributed by atoms with van der Waals surface area (Å²) >= 11 is 0. The fraction of sp³-hybridized carbons (Fsp3) is 0.667. The Hall–Kier alpha value is -1.39. The smallest absolute Gasteiger partial charge is 0.166 e. The monoisotopic (exact) mass is 344 g/mol. The number of benzene rings is 1. The lowest BCUT2D eigenvalue weighted by molar-refractivity contribution is -0.142. The van der Waals surface area contributed by atoms with E-state index in [0.29, 0.717) is 6.04 Å². The highest BCUT2D eigenvalue weighted by molar-refractivity contribution is 5.86. The van der Waals surface area contributed by atoms with Gasteiger partial charge in [0.15, 0.2) is 11.4 Å². The maximum Gasteiger partial charge on any atom is 0.166 e. The Morgan fingerprint density at radius 3 is 2.44 bits per heavy atom. The molecule has 1 aromatic carbocycles. The molecule has 2 fully saturated rings. The van der Waals surface area contributed by atoms with Gasteiger partial charge in [0.2, 0.25) is 0 Å². The first-order valence-electron chi connectivity index (χ1n) is 9.68. The van der Waals surface area contributed by atoms with Crippen LogP contribution in [0.25, 0.3) is 0 Å². The number of piperidine rings is 1. The molecule has 138 valence electrons. The van der Waals surface area contributed by atoms with Crippen LogP contribution in [0.15, 0.2) is 24.3 Å². The minimum atomic E-state index is -1.33. The van der Waals surface area contributed by atoms with Crippen LogP contribution < -0.4 is 4.90 Å². The van der Waals surface area contributed by atoms with E-state index in [0.717, 1.165) is 62.9 Å². The average molecular weight is 344 g/mol. The number of carbonyl (C=O) groups excluding carboxylic acids is 1. The summed E-state index contributed by atoms with van der Waals surface area (Å²) in [6.45, 7) is 3.77. The summed E-state index contributed by atoms with van der Waals surface area (Å²) < 4.78 is 0. The highest BCUT2D eigenvalue weighted by Gasteiger charge is 2.44. The van der Waals surface area contributed by atoms with Crippen molar-refractivity contribution in [3.8, 4) is 0 Å². The van der Waals surface area contributed by atoms with Gasteiger partial charge in [0, 0.05) is 18.8 Å². The van der Waals surface area contributed by atoms with Gasteiger partial charge in [-0.15, -0.1) is 0 Å². The third-order valence-corrected chi connectivity index (χ3v) is 6.41. The van der Waals surface area contributed by atoms with Gasteiger partial charge in [-0.25, -0.2) is 0 Å². The first-order chi connectivity index (χ1) is 11.9. The lowest BCUT2D eigenvalue weighted by Gasteiger charge is -2.37. The number of hydrogen-bond donors (Lipinski definition) is 1. The van der Waals surface area contributed by atoms with E-state index < -0.39 is 5.60 Å². The summed E-state index contributed by atoms with van der Waals surface area (Å²) in [4.78, 5) is 17.1. The number of anilines is 1. The van der Waals surface area contributed by atoms with E-state index in [1.165, 1.54) is 6.92 Å². The zero-order valence-electron chi connectivity index (χ0n) is 15.9. The number of Topliss-reactive ketones (excluding diaryl/α,β-unsaturated/α-hetero) is 1. The minimum absolute atomic E-state index is 0.0499. The van der Waals surface area contributed by atoms with Crippen molar-refractivity contribution >= 4 is 11.5 Å². The fourth-order valence-electron chi connectivity index (χ4n) is 4.63. The number of rotatable bonds is 5. The van der Waals surface area contributed by atoms with E-state index in [2.05, 4.69) is 30.0 Å². The molecule has 1 heterocycles. The van der Waals surface area contributed by atoms with Gasteiger partial charge in [-0.1, -0.05) is 25.0 Å². The van der Waals surface area contributed by atoms with Crippen LogP contribution >= 0.6 is 0 Å². The molecular weight excluding hydrogens is 312 g/mol. The van der Waals surface area contributed by atoms with Crippen molar-refractivity contribution in [3.63, 3.8) is 0 Å². The van der Waals surface area contributed by atoms with Crippen LogP contribution in [0.5, 0.6) is 0 Å². The molecule has 25 heavy (non-hydrogen) atoms. The number of likely N-dealkylation sites (tertiary alicyclic amines) is 1. The highest BCUT2D eigenvalue weighted by Crippen LogP contribution is 2.42. The van der Waals surface area contributed by atoms with Crippen molar-refractivity contribution < 1.29 is 9.90 Å². The Balaban J connectivity index is 1.85. The van der Waals surface area contributed by atoms with Crippen LogP contribution in [-0.4, -0.2) is 49.0 Å². The molecule has 0 spiro atoms. The van der Waals surface area contributed by atoms with E-state index in [9.17, 15) is 9.90 Å². The van der Waals surface area contributed by atoms with Crippen molar-refractivity contribution in [2.45, 2.75) is 57.1 Å². The van der Waals surface area contributed by atoms with Gasteiger partial charge in [-0.05, 0) is 76.4 Å². The second kappa shape index (κ2) is 7.46. The van der Waals surface area contributed by atoms with Crippen LogP contribution in [0, 0.1) is 5.92 Å². The van der Waals surface area contributed by atoms with Crippen LogP contribution in [-0.2, 0) is 10.4 Å². The molecule has 1 aliphatic heterocycles. The number of nitrogens with zero attached hydrogens (tertiary/aromatic N) is 2. The lowest BCUT2D eigenvalue weighted by Crippen LogP contribution is -2.43. The van der Waals surface area contributed by atoms with Crippen molar-refractivity contribution in [1.82, 2.24) is 4.90 Å². The maximum atomic E-state index is 12.4. The van der Waals surface area contributed by atoms with Gasteiger partial charge < -0.3 is 14.9 Å². The van der Waals surface area contributed by atoms with E-state index in [-0.39, 0.29) is 11.7 Å². The summed E-state index contributed by atoms with van der Waals surface area (Å²) in [5, 5.41) is 11.3. The van der Waals surface area contributed by atoms with Crippen molar-refractivity contribution in [2.75, 3.05) is 32.1 Å². The Labute approximate surface area is 151 Å². The van der Waals surface area contributed by atoms with Crippen LogP contribution in [0.2, 0.25) is 0 Å². The van der Waals surface area contributed by atoms with Crippen molar-refractivity contribution in [2.24, 2.45) is 5.92 Å². The summed E-state index contributed by atoms with van der Waals surface area (Å²) in [6, 6.07) is 8.56. The number of carbonyl (C=O) groups is 1. The van der Waals surface area contributed by atoms with Gasteiger partial charge in [0.05, 0.1) is 0 Å². The molecule has 1 unspecified atom stereocenters. The summed E-state index contributed by atoms with van der Waals surface area (Å²) in [7, 11) is 4.31. The summed E-state index contributed by atoms with van der Waals surface area (Å²) in [5.74, 6) is -0.0765. The molecule has 1 atom stereocenters. The van der Waals surface area contributed by atoms with Gasteiger partial charge in [0.1, 0.15) is 0 Å². The van der Waals surface area contributed by atoms with E-state index >= 15 is 0 Å². The molecule has 4 nitrogen and oxygen atoms in total. The van der Waals surface area contributed by atoms with Gasteiger partial charge in [-0.3, -0.25) is 4.79 Å². The predicted molar refractivity (Wildman–Crippen MR) is 102 cm³/mol. The lowest BCUT2D eigenvalue weighted by atomic mass is 9.77. The second-order valence-electron chi connectivity index (χ2n) is 8.00. The fourth-order valence-corrected chi connectivity index (χ4v) is 4.63. The Kier molecular flexibility index (Phi) is 5.49. The molecule has 0 amide bonds. The Morgan fingerprint density at radius 1 is 1.20 bits per heavy atom. The molecule has 0 radical (unpaired) electrons. The minimum Gasteiger partial charge on any atom is -0.377 e. The standard InChI is InChI=1S/C21H32N2O2/c1-16(24)21(25,17-7-4-5-8-17)18-9-6-10-20(15-18)23(3)19-11-13-22(2)14-12-19/h6,9-10,15,17,19,25H,4-5,7-8,11-14H2,1-3H3. The van der Waals surface area contributed by atoms with Crippen molar-refractivity contribution in [3.05, 3.63) is 29.8 Å². The molecule has 4 heteroatoms. The molecule has 0 bridgehead atoms. The first kappa shape index (κ1) is 18.4. The van der Waals surface area contributed by atoms with Gasteiger partial charge in [-0.2, -0.15) is 0 Å². The summed E-state index contributed by atoms with van der Waals surface area (Å²) in [5.41, 5.74) is 0.536. The Morgan fingerprint density at radius 2 is 1.84 bits per heavy atom. The molecule has 2 aliphatic rings. The van der Waals surface area contributed by atoms with E-state index in [1.54, 1.807) is 0 Å². The molecular formula is C21H32N2O2. The zero-order chi connectivity index (χ0) is 18.0. The van der Waals surface area contributed by atoms with Crippen molar-refractivity contribution in [1.29, 1.82) is 0 Å². The van der Waals surface area contributed by atoms with Crippen LogP contribution in [0.1, 0.15) is 51.0 Å². The molecule has 0 aromatic heterocycles. The molecule has 1 saturated carbocycles. The summed E-state index contributed by atoms with van der Waals surface area (Å²) in [6.07, 6.45) is 6.38. The van der Waals surface area contributed by atoms with E-state index in [4.69, 9.17) is 0 Å². The third kappa shape index (κ3) is 3.61. The van der Waals surface area contributed by atoms with Gasteiger partial charge in [0.25, 0.3) is 0 Å². The van der Waals surface area contributed by atoms with Crippen LogP contribution in [0.4, 0.5) is 5.69 Å². The number of aliphatic hydroxyl groups is 1. The van der Waals surface area contributed by atoms with Gasteiger partial charge >= 0.3 is 0 Å². The zero-order valence-corrected chi connectivity index (χ0v) is 15.9. The topological polar surface area (TPSA) is 43.8 Å². The predicted octanol–water partition coefficient (Wildman–Crippen LogP) is 3.18. The first-order valence-corrected chi connectivity index (χ1v) is 9.68. The molecule has 1 aromatic rings. The van der Waals surface area contributed by atoms with Crippen LogP contribution in [0.3, 0.4) is 0 Å². The second-order valence-corrected chi connectivity index (χ2v) is 8.00. The largest absolute Gasteiger partial charge is 0.377 e.